The number of hydrogen-bond acceptors (Lipinski definition) is 3. The van der Waals surface area contributed by atoms with Crippen molar-refractivity contribution < 1.29 is 0 Å². The summed E-state index contributed by atoms with van der Waals surface area (Å²) in [6.07, 6.45) is 3.25. The minimum Gasteiger partial charge on any atom is -0.313 e. The van der Waals surface area contributed by atoms with E-state index in [2.05, 4.69) is 29.6 Å². The lowest BCUT2D eigenvalue weighted by Gasteiger charge is -2.21. The molecule has 2 nitrogen and oxygen atoms in total. The van der Waals surface area contributed by atoms with Gasteiger partial charge in [0.25, 0.3) is 0 Å². The highest BCUT2D eigenvalue weighted by molar-refractivity contribution is 7.98. The average molecular weight is 287 g/mol. The van der Waals surface area contributed by atoms with Crippen molar-refractivity contribution in [3.63, 3.8) is 0 Å². The molecule has 18 heavy (non-hydrogen) atoms. The van der Waals surface area contributed by atoms with E-state index in [1.165, 1.54) is 11.3 Å². The van der Waals surface area contributed by atoms with E-state index in [1.54, 1.807) is 0 Å². The van der Waals surface area contributed by atoms with Crippen LogP contribution in [0.1, 0.15) is 18.0 Å². The van der Waals surface area contributed by atoms with Crippen LogP contribution in [0.2, 0.25) is 5.02 Å². The van der Waals surface area contributed by atoms with Gasteiger partial charge in [0.15, 0.2) is 0 Å². The van der Waals surface area contributed by atoms with Gasteiger partial charge in [-0.05, 0) is 51.0 Å². The summed E-state index contributed by atoms with van der Waals surface area (Å²) in [5.41, 5.74) is 1.27. The van der Waals surface area contributed by atoms with Crippen molar-refractivity contribution in [3.8, 4) is 0 Å². The molecular weight excluding hydrogens is 264 g/mol. The summed E-state index contributed by atoms with van der Waals surface area (Å²) in [5.74, 6) is 1.19. The van der Waals surface area contributed by atoms with E-state index >= 15 is 0 Å². The molecule has 0 aromatic heterocycles. The molecule has 1 atom stereocenters. The van der Waals surface area contributed by atoms with E-state index in [0.29, 0.717) is 6.04 Å². The molecule has 0 saturated carbocycles. The van der Waals surface area contributed by atoms with E-state index in [4.69, 9.17) is 11.6 Å². The molecule has 0 aliphatic carbocycles. The Morgan fingerprint density at radius 3 is 2.78 bits per heavy atom. The Hall–Kier alpha value is -0.220. The van der Waals surface area contributed by atoms with Gasteiger partial charge in [0.05, 0.1) is 0 Å². The van der Waals surface area contributed by atoms with Gasteiger partial charge in [-0.15, -0.1) is 0 Å². The van der Waals surface area contributed by atoms with Crippen molar-refractivity contribution in [3.05, 3.63) is 34.9 Å². The Kier molecular flexibility index (Phi) is 7.75. The standard InChI is InChI=1S/C14H23ClN2S/c1-16-14(7-8-17(2)9-10-18-3)12-5-4-6-13(15)11-12/h4-6,11,14,16H,7-10H2,1-3H3. The van der Waals surface area contributed by atoms with Gasteiger partial charge in [-0.1, -0.05) is 23.7 Å². The Morgan fingerprint density at radius 2 is 2.17 bits per heavy atom. The van der Waals surface area contributed by atoms with Gasteiger partial charge in [0, 0.05) is 23.4 Å². The molecule has 0 aliphatic rings. The summed E-state index contributed by atoms with van der Waals surface area (Å²) >= 11 is 7.93. The summed E-state index contributed by atoms with van der Waals surface area (Å²) in [5, 5.41) is 4.18. The van der Waals surface area contributed by atoms with Crippen LogP contribution in [-0.4, -0.2) is 44.1 Å². The van der Waals surface area contributed by atoms with Crippen molar-refractivity contribution >= 4 is 23.4 Å². The maximum absolute atomic E-state index is 6.04. The molecule has 0 bridgehead atoms. The first kappa shape index (κ1) is 15.8. The first-order valence-corrected chi connectivity index (χ1v) is 8.04. The molecule has 0 aliphatic heterocycles. The van der Waals surface area contributed by atoms with E-state index < -0.39 is 0 Å². The van der Waals surface area contributed by atoms with Gasteiger partial charge in [-0.2, -0.15) is 11.8 Å². The molecule has 1 aromatic carbocycles. The number of benzene rings is 1. The molecule has 0 fully saturated rings. The molecule has 0 amide bonds. The molecule has 4 heteroatoms. The fraction of sp³-hybridized carbons (Fsp3) is 0.571. The summed E-state index contributed by atoms with van der Waals surface area (Å²) in [7, 11) is 4.19. The third kappa shape index (κ3) is 5.61. The zero-order chi connectivity index (χ0) is 13.4. The third-order valence-corrected chi connectivity index (χ3v) is 3.90. The van der Waals surface area contributed by atoms with Gasteiger partial charge >= 0.3 is 0 Å². The van der Waals surface area contributed by atoms with Crippen molar-refractivity contribution in [2.45, 2.75) is 12.5 Å². The Bertz CT molecular complexity index is 346. The summed E-state index contributed by atoms with van der Waals surface area (Å²) in [6.45, 7) is 2.24. The fourth-order valence-corrected chi connectivity index (χ4v) is 2.60. The Labute approximate surface area is 120 Å². The molecule has 1 aromatic rings. The maximum Gasteiger partial charge on any atom is 0.0409 e. The molecular formula is C14H23ClN2S. The SMILES string of the molecule is CNC(CCN(C)CCSC)c1cccc(Cl)c1. The van der Waals surface area contributed by atoms with Crippen molar-refractivity contribution in [2.24, 2.45) is 0 Å². The second-order valence-corrected chi connectivity index (χ2v) is 5.90. The molecule has 0 heterocycles. The smallest absolute Gasteiger partial charge is 0.0409 e. The lowest BCUT2D eigenvalue weighted by molar-refractivity contribution is 0.328. The number of hydrogen-bond donors (Lipinski definition) is 1. The minimum absolute atomic E-state index is 0.375. The van der Waals surface area contributed by atoms with Crippen LogP contribution < -0.4 is 5.32 Å². The van der Waals surface area contributed by atoms with Crippen LogP contribution in [0.25, 0.3) is 0 Å². The average Bonchev–Trinajstić information content (AvgIpc) is 2.37. The summed E-state index contributed by atoms with van der Waals surface area (Å²) in [4.78, 5) is 2.38. The summed E-state index contributed by atoms with van der Waals surface area (Å²) < 4.78 is 0. The van der Waals surface area contributed by atoms with Gasteiger partial charge in [0.1, 0.15) is 0 Å². The highest BCUT2D eigenvalue weighted by Gasteiger charge is 2.10. The number of nitrogens with zero attached hydrogens (tertiary/aromatic N) is 1. The van der Waals surface area contributed by atoms with Gasteiger partial charge in [-0.3, -0.25) is 0 Å². The van der Waals surface area contributed by atoms with Crippen LogP contribution >= 0.6 is 23.4 Å². The normalized spacial score (nSPS) is 12.9. The van der Waals surface area contributed by atoms with Gasteiger partial charge in [-0.25, -0.2) is 0 Å². The predicted molar refractivity (Wildman–Crippen MR) is 83.7 cm³/mol. The molecule has 1 rings (SSSR count). The zero-order valence-electron chi connectivity index (χ0n) is 11.4. The maximum atomic E-state index is 6.04. The third-order valence-electron chi connectivity index (χ3n) is 3.08. The van der Waals surface area contributed by atoms with E-state index in [9.17, 15) is 0 Å². The van der Waals surface area contributed by atoms with E-state index in [0.717, 1.165) is 24.5 Å². The van der Waals surface area contributed by atoms with Gasteiger partial charge < -0.3 is 10.2 Å². The lowest BCUT2D eigenvalue weighted by Crippen LogP contribution is -2.27. The predicted octanol–water partition coefficient (Wildman–Crippen LogP) is 3.29. The molecule has 0 saturated heterocycles. The van der Waals surface area contributed by atoms with Crippen molar-refractivity contribution in [1.82, 2.24) is 10.2 Å². The Morgan fingerprint density at radius 1 is 1.39 bits per heavy atom. The zero-order valence-corrected chi connectivity index (χ0v) is 13.0. The molecule has 0 radical (unpaired) electrons. The lowest BCUT2D eigenvalue weighted by atomic mass is 10.0. The van der Waals surface area contributed by atoms with Crippen LogP contribution in [0, 0.1) is 0 Å². The van der Waals surface area contributed by atoms with Crippen LogP contribution in [0.3, 0.4) is 0 Å². The van der Waals surface area contributed by atoms with Crippen LogP contribution in [0.5, 0.6) is 0 Å². The van der Waals surface area contributed by atoms with Crippen LogP contribution in [0.4, 0.5) is 0 Å². The highest BCUT2D eigenvalue weighted by Crippen LogP contribution is 2.20. The molecule has 0 spiro atoms. The second-order valence-electron chi connectivity index (χ2n) is 4.48. The monoisotopic (exact) mass is 286 g/mol. The molecule has 1 N–H and O–H groups in total. The Balaban J connectivity index is 2.47. The first-order chi connectivity index (χ1) is 8.67. The number of thioether (sulfide) groups is 1. The number of nitrogens with one attached hydrogen (secondary N) is 1. The van der Waals surface area contributed by atoms with Crippen molar-refractivity contribution in [2.75, 3.05) is 39.2 Å². The molecule has 102 valence electrons. The van der Waals surface area contributed by atoms with Gasteiger partial charge in [0.2, 0.25) is 0 Å². The van der Waals surface area contributed by atoms with E-state index in [1.807, 2.05) is 37.0 Å². The largest absolute Gasteiger partial charge is 0.313 e. The topological polar surface area (TPSA) is 15.3 Å². The minimum atomic E-state index is 0.375. The second kappa shape index (κ2) is 8.81. The van der Waals surface area contributed by atoms with Crippen LogP contribution in [0.15, 0.2) is 24.3 Å². The quantitative estimate of drug-likeness (QED) is 0.789. The van der Waals surface area contributed by atoms with Crippen molar-refractivity contribution in [1.29, 1.82) is 0 Å². The van der Waals surface area contributed by atoms with E-state index in [-0.39, 0.29) is 0 Å². The molecule has 1 unspecified atom stereocenters. The summed E-state index contributed by atoms with van der Waals surface area (Å²) in [6, 6.07) is 8.49. The van der Waals surface area contributed by atoms with Crippen LogP contribution in [-0.2, 0) is 0 Å². The number of rotatable bonds is 8. The first-order valence-electron chi connectivity index (χ1n) is 6.27. The number of halogens is 1. The highest BCUT2D eigenvalue weighted by atomic mass is 35.5. The fourth-order valence-electron chi connectivity index (χ4n) is 1.91.